The van der Waals surface area contributed by atoms with E-state index in [0.29, 0.717) is 48.6 Å². The average molecular weight is 419 g/mol. The van der Waals surface area contributed by atoms with E-state index >= 15 is 0 Å². The number of rotatable bonds is 6. The van der Waals surface area contributed by atoms with Crippen LogP contribution in [-0.4, -0.2) is 62.8 Å². The predicted molar refractivity (Wildman–Crippen MR) is 113 cm³/mol. The van der Waals surface area contributed by atoms with Gasteiger partial charge >= 0.3 is 11.9 Å². The molecule has 1 fully saturated rings. The van der Waals surface area contributed by atoms with Gasteiger partial charge in [-0.3, -0.25) is 14.5 Å². The summed E-state index contributed by atoms with van der Waals surface area (Å²) in [7, 11) is 0. The van der Waals surface area contributed by atoms with Crippen molar-refractivity contribution in [1.82, 2.24) is 14.5 Å². The van der Waals surface area contributed by atoms with Gasteiger partial charge in [0, 0.05) is 55.0 Å². The molecule has 0 amide bonds. The van der Waals surface area contributed by atoms with Crippen LogP contribution < -0.4 is 4.90 Å². The highest BCUT2D eigenvalue weighted by Crippen LogP contribution is 2.32. The first-order chi connectivity index (χ1) is 15.0. The Hall–Kier alpha value is -3.90. The van der Waals surface area contributed by atoms with Crippen LogP contribution in [0.1, 0.15) is 17.2 Å². The van der Waals surface area contributed by atoms with Crippen molar-refractivity contribution in [3.05, 3.63) is 59.9 Å². The first-order valence-electron chi connectivity index (χ1n) is 9.86. The number of aromatic nitrogens is 2. The summed E-state index contributed by atoms with van der Waals surface area (Å²) in [6.07, 6.45) is 3.27. The molecule has 1 atom stereocenters. The van der Waals surface area contributed by atoms with Gasteiger partial charge < -0.3 is 19.7 Å². The lowest BCUT2D eigenvalue weighted by molar-refractivity contribution is -0.143. The van der Waals surface area contributed by atoms with E-state index in [1.165, 1.54) is 0 Å². The zero-order chi connectivity index (χ0) is 22.0. The number of pyridine rings is 1. The Bertz CT molecular complexity index is 1170. The molecule has 0 saturated carbocycles. The third kappa shape index (κ3) is 3.93. The van der Waals surface area contributed by atoms with Crippen LogP contribution in [0.4, 0.5) is 5.82 Å². The van der Waals surface area contributed by atoms with Crippen molar-refractivity contribution in [2.45, 2.75) is 12.6 Å². The number of piperazine rings is 1. The number of anilines is 1. The quantitative estimate of drug-likeness (QED) is 0.621. The Labute approximate surface area is 178 Å². The third-order valence-corrected chi connectivity index (χ3v) is 5.54. The van der Waals surface area contributed by atoms with Crippen molar-refractivity contribution in [1.29, 1.82) is 5.26 Å². The largest absolute Gasteiger partial charge is 0.480 e. The maximum absolute atomic E-state index is 12.3. The summed E-state index contributed by atoms with van der Waals surface area (Å²) in [5.41, 5.74) is 1.76. The lowest BCUT2D eigenvalue weighted by atomic mass is 10.0. The summed E-state index contributed by atoms with van der Waals surface area (Å²) in [6.45, 7) is 1.76. The maximum atomic E-state index is 12.3. The summed E-state index contributed by atoms with van der Waals surface area (Å²) in [5.74, 6) is -1.37. The first-order valence-corrected chi connectivity index (χ1v) is 9.86. The lowest BCUT2D eigenvalue weighted by Crippen LogP contribution is -2.49. The molecule has 1 saturated heterocycles. The van der Waals surface area contributed by atoms with Crippen LogP contribution in [0, 0.1) is 11.3 Å². The van der Waals surface area contributed by atoms with Crippen molar-refractivity contribution in [2.24, 2.45) is 0 Å². The van der Waals surface area contributed by atoms with Gasteiger partial charge in [0.2, 0.25) is 0 Å². The molecular weight excluding hydrogens is 398 g/mol. The lowest BCUT2D eigenvalue weighted by Gasteiger charge is -2.38. The van der Waals surface area contributed by atoms with Gasteiger partial charge in [0.25, 0.3) is 0 Å². The molecular formula is C22H21N5O4. The van der Waals surface area contributed by atoms with Gasteiger partial charge in [-0.2, -0.15) is 5.26 Å². The molecule has 2 aromatic heterocycles. The van der Waals surface area contributed by atoms with Crippen molar-refractivity contribution in [3.63, 3.8) is 0 Å². The number of benzene rings is 1. The van der Waals surface area contributed by atoms with Crippen molar-refractivity contribution >= 4 is 28.7 Å². The van der Waals surface area contributed by atoms with E-state index in [9.17, 15) is 25.1 Å². The smallest absolute Gasteiger partial charge is 0.325 e. The Morgan fingerprint density at radius 2 is 1.84 bits per heavy atom. The molecule has 1 aliphatic rings. The number of hydrogen-bond acceptors (Lipinski definition) is 6. The molecule has 0 radical (unpaired) electrons. The van der Waals surface area contributed by atoms with Gasteiger partial charge in [0.05, 0.1) is 5.56 Å². The Balaban J connectivity index is 1.62. The SMILES string of the molecule is N#Cc1cccnc1N1CCN([C@@H](C(=O)O)c2cn(CC(=O)O)c3ccccc23)CC1. The van der Waals surface area contributed by atoms with Gasteiger partial charge in [-0.25, -0.2) is 4.98 Å². The van der Waals surface area contributed by atoms with Gasteiger partial charge in [0.15, 0.2) is 0 Å². The van der Waals surface area contributed by atoms with Crippen LogP contribution in [0.3, 0.4) is 0 Å². The van der Waals surface area contributed by atoms with Crippen LogP contribution in [-0.2, 0) is 16.1 Å². The minimum Gasteiger partial charge on any atom is -0.480 e. The fraction of sp³-hybridized carbons (Fsp3) is 0.273. The van der Waals surface area contributed by atoms with Gasteiger partial charge in [-0.15, -0.1) is 0 Å². The molecule has 0 aliphatic carbocycles. The van der Waals surface area contributed by atoms with Crippen molar-refractivity contribution in [2.75, 3.05) is 31.1 Å². The van der Waals surface area contributed by atoms with Gasteiger partial charge in [-0.1, -0.05) is 18.2 Å². The minimum atomic E-state index is -0.989. The topological polar surface area (TPSA) is 123 Å². The van der Waals surface area contributed by atoms with Crippen molar-refractivity contribution in [3.8, 4) is 6.07 Å². The number of nitriles is 1. The fourth-order valence-corrected chi connectivity index (χ4v) is 4.18. The maximum Gasteiger partial charge on any atom is 0.325 e. The van der Waals surface area contributed by atoms with E-state index in [-0.39, 0.29) is 6.54 Å². The van der Waals surface area contributed by atoms with Crippen LogP contribution in [0.25, 0.3) is 10.9 Å². The Morgan fingerprint density at radius 3 is 2.52 bits per heavy atom. The number of aliphatic carboxylic acids is 2. The van der Waals surface area contributed by atoms with E-state index in [2.05, 4.69) is 11.1 Å². The molecule has 9 nitrogen and oxygen atoms in total. The van der Waals surface area contributed by atoms with Gasteiger partial charge in [0.1, 0.15) is 24.5 Å². The molecule has 2 N–H and O–H groups in total. The van der Waals surface area contributed by atoms with E-state index in [1.807, 2.05) is 21.9 Å². The van der Waals surface area contributed by atoms with Crippen LogP contribution >= 0.6 is 0 Å². The molecule has 1 aliphatic heterocycles. The molecule has 1 aromatic carbocycles. The number of carbonyl (C=O) groups is 2. The highest BCUT2D eigenvalue weighted by Gasteiger charge is 2.33. The molecule has 4 rings (SSSR count). The highest BCUT2D eigenvalue weighted by atomic mass is 16.4. The number of carboxylic acids is 2. The molecule has 9 heteroatoms. The summed E-state index contributed by atoms with van der Waals surface area (Å²) in [4.78, 5) is 31.7. The van der Waals surface area contributed by atoms with Crippen LogP contribution in [0.15, 0.2) is 48.8 Å². The average Bonchev–Trinajstić information content (AvgIpc) is 3.11. The highest BCUT2D eigenvalue weighted by molar-refractivity contribution is 5.90. The van der Waals surface area contributed by atoms with Crippen LogP contribution in [0.5, 0.6) is 0 Å². The third-order valence-electron chi connectivity index (χ3n) is 5.54. The number of carboxylic acid groups (broad SMARTS) is 2. The van der Waals surface area contributed by atoms with E-state index < -0.39 is 18.0 Å². The molecule has 0 unspecified atom stereocenters. The molecule has 0 bridgehead atoms. The second kappa shape index (κ2) is 8.45. The Kier molecular flexibility index (Phi) is 5.56. The summed E-state index contributed by atoms with van der Waals surface area (Å²) < 4.78 is 1.58. The number of nitrogens with zero attached hydrogens (tertiary/aromatic N) is 5. The van der Waals surface area contributed by atoms with E-state index in [0.717, 1.165) is 5.39 Å². The molecule has 3 heterocycles. The number of fused-ring (bicyclic) bond motifs is 1. The van der Waals surface area contributed by atoms with Crippen LogP contribution in [0.2, 0.25) is 0 Å². The molecule has 3 aromatic rings. The summed E-state index contributed by atoms with van der Waals surface area (Å²) >= 11 is 0. The summed E-state index contributed by atoms with van der Waals surface area (Å²) in [6, 6.07) is 11.9. The van der Waals surface area contributed by atoms with Crippen molar-refractivity contribution < 1.29 is 19.8 Å². The fourth-order valence-electron chi connectivity index (χ4n) is 4.18. The second-order valence-electron chi connectivity index (χ2n) is 7.37. The normalized spacial score (nSPS) is 15.5. The molecule has 0 spiro atoms. The molecule has 31 heavy (non-hydrogen) atoms. The summed E-state index contributed by atoms with van der Waals surface area (Å²) in [5, 5.41) is 29.3. The zero-order valence-corrected chi connectivity index (χ0v) is 16.7. The minimum absolute atomic E-state index is 0.239. The first kappa shape index (κ1) is 20.4. The van der Waals surface area contributed by atoms with E-state index in [4.69, 9.17) is 0 Å². The second-order valence-corrected chi connectivity index (χ2v) is 7.37. The number of para-hydroxylation sites is 1. The predicted octanol–water partition coefficient (Wildman–Crippen LogP) is 1.94. The standard InChI is InChI=1S/C22H21N5O4/c23-12-15-4-3-7-24-21(15)26-10-8-25(9-11-26)20(22(30)31)17-13-27(14-19(28)29)18-6-2-1-5-16(17)18/h1-7,13,20H,8-11,14H2,(H,28,29)(H,30,31)/t20-/m1/s1. The zero-order valence-electron chi connectivity index (χ0n) is 16.7. The molecule has 158 valence electrons. The monoisotopic (exact) mass is 419 g/mol. The number of hydrogen-bond donors (Lipinski definition) is 2. The Morgan fingerprint density at radius 1 is 1.10 bits per heavy atom. The van der Waals surface area contributed by atoms with E-state index in [1.54, 1.807) is 41.2 Å². The van der Waals surface area contributed by atoms with Gasteiger partial charge in [-0.05, 0) is 18.2 Å².